The fourth-order valence-corrected chi connectivity index (χ4v) is 3.83. The third-order valence-electron chi connectivity index (χ3n) is 5.20. The Hall–Kier alpha value is -2.21. The minimum Gasteiger partial charge on any atom is -0.336 e. The normalized spacial score (nSPS) is 19.8. The molecular formula is C18H23N5O. The Bertz CT molecular complexity index is 685. The lowest BCUT2D eigenvalue weighted by molar-refractivity contribution is 0.0573. The minimum atomic E-state index is 0.102. The molecule has 2 aromatic heterocycles. The van der Waals surface area contributed by atoms with Crippen LogP contribution in [0.5, 0.6) is 0 Å². The Kier molecular flexibility index (Phi) is 4.30. The van der Waals surface area contributed by atoms with Crippen molar-refractivity contribution < 1.29 is 4.79 Å². The molecule has 0 N–H and O–H groups in total. The second-order valence-corrected chi connectivity index (χ2v) is 6.64. The number of carbonyl (C=O) groups is 1. The molecule has 1 aliphatic carbocycles. The fourth-order valence-electron chi connectivity index (χ4n) is 3.83. The van der Waals surface area contributed by atoms with Crippen LogP contribution < -0.4 is 0 Å². The highest BCUT2D eigenvalue weighted by molar-refractivity contribution is 5.94. The standard InChI is InChI=1S/C18H23N5O/c24-18(15-5-6-20-17(13-15)23-8-7-19-14-23)22-11-9-21(10-12-22)16-3-1-2-4-16/h5-8,13-14,16H,1-4,9-12H2. The second-order valence-electron chi connectivity index (χ2n) is 6.64. The largest absolute Gasteiger partial charge is 0.336 e. The van der Waals surface area contributed by atoms with Crippen LogP contribution in [0.1, 0.15) is 36.0 Å². The summed E-state index contributed by atoms with van der Waals surface area (Å²) in [4.78, 5) is 25.7. The Morgan fingerprint density at radius 3 is 2.58 bits per heavy atom. The van der Waals surface area contributed by atoms with Crippen molar-refractivity contribution in [3.8, 4) is 5.82 Å². The van der Waals surface area contributed by atoms with Gasteiger partial charge < -0.3 is 4.90 Å². The van der Waals surface area contributed by atoms with Gasteiger partial charge in [-0.2, -0.15) is 0 Å². The number of aromatic nitrogens is 3. The van der Waals surface area contributed by atoms with Gasteiger partial charge in [-0.3, -0.25) is 14.3 Å². The molecule has 0 aromatic carbocycles. The van der Waals surface area contributed by atoms with E-state index in [0.717, 1.165) is 38.0 Å². The van der Waals surface area contributed by atoms with E-state index in [1.165, 1.54) is 25.7 Å². The fraction of sp³-hybridized carbons (Fsp3) is 0.500. The molecule has 2 aliphatic rings. The molecule has 1 aliphatic heterocycles. The molecule has 126 valence electrons. The SMILES string of the molecule is O=C(c1ccnc(-n2ccnc2)c1)N1CCN(C2CCCC2)CC1. The second kappa shape index (κ2) is 6.73. The van der Waals surface area contributed by atoms with Crippen LogP contribution in [0.25, 0.3) is 5.82 Å². The molecule has 1 saturated carbocycles. The summed E-state index contributed by atoms with van der Waals surface area (Å²) in [5, 5.41) is 0. The van der Waals surface area contributed by atoms with Gasteiger partial charge in [0.15, 0.2) is 0 Å². The maximum atomic E-state index is 12.8. The maximum absolute atomic E-state index is 12.8. The molecule has 0 atom stereocenters. The number of hydrogen-bond donors (Lipinski definition) is 0. The van der Waals surface area contributed by atoms with Crippen molar-refractivity contribution in [2.75, 3.05) is 26.2 Å². The van der Waals surface area contributed by atoms with Gasteiger partial charge in [-0.05, 0) is 25.0 Å². The number of nitrogens with zero attached hydrogens (tertiary/aromatic N) is 5. The van der Waals surface area contributed by atoms with Gasteiger partial charge in [0.25, 0.3) is 5.91 Å². The summed E-state index contributed by atoms with van der Waals surface area (Å²) in [6.45, 7) is 3.63. The summed E-state index contributed by atoms with van der Waals surface area (Å²) in [5.41, 5.74) is 0.697. The maximum Gasteiger partial charge on any atom is 0.254 e. The van der Waals surface area contributed by atoms with E-state index < -0.39 is 0 Å². The van der Waals surface area contributed by atoms with Crippen molar-refractivity contribution in [3.05, 3.63) is 42.6 Å². The van der Waals surface area contributed by atoms with Gasteiger partial charge in [-0.25, -0.2) is 9.97 Å². The first-order chi connectivity index (χ1) is 11.8. The predicted molar refractivity (Wildman–Crippen MR) is 91.1 cm³/mol. The molecule has 24 heavy (non-hydrogen) atoms. The van der Waals surface area contributed by atoms with Crippen LogP contribution in [0.4, 0.5) is 0 Å². The number of pyridine rings is 1. The van der Waals surface area contributed by atoms with Gasteiger partial charge in [0.1, 0.15) is 12.1 Å². The number of hydrogen-bond acceptors (Lipinski definition) is 4. The van der Waals surface area contributed by atoms with Crippen LogP contribution in [0.3, 0.4) is 0 Å². The van der Waals surface area contributed by atoms with Crippen LogP contribution in [0, 0.1) is 0 Å². The zero-order valence-electron chi connectivity index (χ0n) is 13.8. The van der Waals surface area contributed by atoms with Gasteiger partial charge in [-0.1, -0.05) is 12.8 Å². The Balaban J connectivity index is 1.42. The molecule has 0 unspecified atom stereocenters. The van der Waals surface area contributed by atoms with Crippen LogP contribution in [-0.4, -0.2) is 62.5 Å². The van der Waals surface area contributed by atoms with Crippen molar-refractivity contribution in [2.45, 2.75) is 31.7 Å². The van der Waals surface area contributed by atoms with Gasteiger partial charge in [0.2, 0.25) is 0 Å². The molecule has 1 saturated heterocycles. The minimum absolute atomic E-state index is 0.102. The molecule has 0 spiro atoms. The predicted octanol–water partition coefficient (Wildman–Crippen LogP) is 1.97. The van der Waals surface area contributed by atoms with E-state index in [9.17, 15) is 4.79 Å². The summed E-state index contributed by atoms with van der Waals surface area (Å²) >= 11 is 0. The smallest absolute Gasteiger partial charge is 0.254 e. The molecule has 0 radical (unpaired) electrons. The van der Waals surface area contributed by atoms with Gasteiger partial charge >= 0.3 is 0 Å². The summed E-state index contributed by atoms with van der Waals surface area (Å²) in [7, 11) is 0. The molecule has 0 bridgehead atoms. The van der Waals surface area contributed by atoms with Crippen molar-refractivity contribution in [1.29, 1.82) is 0 Å². The van der Waals surface area contributed by atoms with E-state index in [0.29, 0.717) is 5.56 Å². The van der Waals surface area contributed by atoms with E-state index in [4.69, 9.17) is 0 Å². The van der Waals surface area contributed by atoms with Crippen molar-refractivity contribution in [3.63, 3.8) is 0 Å². The summed E-state index contributed by atoms with van der Waals surface area (Å²) < 4.78 is 1.81. The molecule has 2 fully saturated rings. The zero-order valence-corrected chi connectivity index (χ0v) is 13.8. The Morgan fingerprint density at radius 2 is 1.88 bits per heavy atom. The molecule has 1 amide bonds. The van der Waals surface area contributed by atoms with E-state index >= 15 is 0 Å². The number of imidazole rings is 1. The van der Waals surface area contributed by atoms with E-state index in [2.05, 4.69) is 14.9 Å². The van der Waals surface area contributed by atoms with Gasteiger partial charge in [0, 0.05) is 56.4 Å². The van der Waals surface area contributed by atoms with Crippen molar-refractivity contribution in [2.24, 2.45) is 0 Å². The van der Waals surface area contributed by atoms with Crippen molar-refractivity contribution >= 4 is 5.91 Å². The number of amides is 1. The van der Waals surface area contributed by atoms with Crippen LogP contribution in [-0.2, 0) is 0 Å². The van der Waals surface area contributed by atoms with Crippen LogP contribution in [0.15, 0.2) is 37.1 Å². The first-order valence-corrected chi connectivity index (χ1v) is 8.79. The Morgan fingerprint density at radius 1 is 1.08 bits per heavy atom. The van der Waals surface area contributed by atoms with E-state index in [1.54, 1.807) is 24.8 Å². The third kappa shape index (κ3) is 3.06. The molecule has 6 heteroatoms. The average molecular weight is 325 g/mol. The lowest BCUT2D eigenvalue weighted by atomic mass is 10.1. The molecule has 3 heterocycles. The highest BCUT2D eigenvalue weighted by atomic mass is 16.2. The third-order valence-corrected chi connectivity index (χ3v) is 5.20. The first kappa shape index (κ1) is 15.3. The zero-order chi connectivity index (χ0) is 16.4. The monoisotopic (exact) mass is 325 g/mol. The highest BCUT2D eigenvalue weighted by Gasteiger charge is 2.28. The topological polar surface area (TPSA) is 54.3 Å². The van der Waals surface area contributed by atoms with Crippen LogP contribution >= 0.6 is 0 Å². The van der Waals surface area contributed by atoms with Gasteiger partial charge in [-0.15, -0.1) is 0 Å². The lowest BCUT2D eigenvalue weighted by Crippen LogP contribution is -2.51. The Labute approximate surface area is 142 Å². The summed E-state index contributed by atoms with van der Waals surface area (Å²) in [6, 6.07) is 4.38. The summed E-state index contributed by atoms with van der Waals surface area (Å²) in [6.07, 6.45) is 12.3. The molecule has 6 nitrogen and oxygen atoms in total. The quantitative estimate of drug-likeness (QED) is 0.866. The van der Waals surface area contributed by atoms with Gasteiger partial charge in [0.05, 0.1) is 0 Å². The molecule has 2 aromatic rings. The number of carbonyl (C=O) groups excluding carboxylic acids is 1. The summed E-state index contributed by atoms with van der Waals surface area (Å²) in [5.74, 6) is 0.827. The highest BCUT2D eigenvalue weighted by Crippen LogP contribution is 2.24. The first-order valence-electron chi connectivity index (χ1n) is 8.79. The average Bonchev–Trinajstić information content (AvgIpc) is 3.35. The molecular weight excluding hydrogens is 302 g/mol. The number of piperazine rings is 1. The van der Waals surface area contributed by atoms with E-state index in [-0.39, 0.29) is 5.91 Å². The molecule has 4 rings (SSSR count). The van der Waals surface area contributed by atoms with E-state index in [1.807, 2.05) is 21.7 Å². The van der Waals surface area contributed by atoms with Crippen molar-refractivity contribution in [1.82, 2.24) is 24.3 Å². The van der Waals surface area contributed by atoms with Crippen LogP contribution in [0.2, 0.25) is 0 Å². The number of rotatable bonds is 3. The lowest BCUT2D eigenvalue weighted by Gasteiger charge is -2.38.